The maximum absolute atomic E-state index is 12.2. The molecule has 0 saturated heterocycles. The van der Waals surface area contributed by atoms with Crippen LogP contribution in [0.3, 0.4) is 0 Å². The van der Waals surface area contributed by atoms with Crippen LogP contribution in [-0.4, -0.2) is 31.0 Å². The van der Waals surface area contributed by atoms with E-state index in [0.29, 0.717) is 19.7 Å². The Bertz CT molecular complexity index is 681. The van der Waals surface area contributed by atoms with Crippen LogP contribution in [0.2, 0.25) is 0 Å². The van der Waals surface area contributed by atoms with Crippen molar-refractivity contribution in [3.63, 3.8) is 0 Å². The summed E-state index contributed by atoms with van der Waals surface area (Å²) in [5.74, 6) is 0.864. The largest absolute Gasteiger partial charge is 0.494 e. The van der Waals surface area contributed by atoms with Crippen molar-refractivity contribution in [3.05, 3.63) is 59.2 Å². The van der Waals surface area contributed by atoms with Crippen LogP contribution in [0.4, 0.5) is 5.69 Å². The summed E-state index contributed by atoms with van der Waals surface area (Å²) < 4.78 is 5.44. The average Bonchev–Trinajstić information content (AvgIpc) is 2.53. The molecule has 2 rings (SSSR count). The highest BCUT2D eigenvalue weighted by Crippen LogP contribution is 2.15. The molecular weight excluding hydrogens is 300 g/mol. The first kappa shape index (κ1) is 18.0. The number of nitrogens with one attached hydrogen (secondary N) is 1. The Hall–Kier alpha value is -2.33. The molecule has 0 spiro atoms. The van der Waals surface area contributed by atoms with Gasteiger partial charge >= 0.3 is 0 Å². The van der Waals surface area contributed by atoms with Gasteiger partial charge in [0, 0.05) is 12.2 Å². The van der Waals surface area contributed by atoms with Crippen molar-refractivity contribution in [3.8, 4) is 5.75 Å². The van der Waals surface area contributed by atoms with Crippen molar-refractivity contribution in [2.45, 2.75) is 27.3 Å². The minimum Gasteiger partial charge on any atom is -0.494 e. The fourth-order valence-electron chi connectivity index (χ4n) is 2.49. The summed E-state index contributed by atoms with van der Waals surface area (Å²) in [5.41, 5.74) is 4.40. The van der Waals surface area contributed by atoms with Gasteiger partial charge in [-0.05, 0) is 68.8 Å². The SMILES string of the molecule is CCOc1ccc(CN(C)CC(=O)Nc2ccc(C)c(C)c2)cc1. The lowest BCUT2D eigenvalue weighted by Crippen LogP contribution is -2.29. The van der Waals surface area contributed by atoms with Crippen LogP contribution in [0.1, 0.15) is 23.6 Å². The van der Waals surface area contributed by atoms with E-state index in [-0.39, 0.29) is 5.91 Å². The molecule has 0 unspecified atom stereocenters. The van der Waals surface area contributed by atoms with Gasteiger partial charge in [0.05, 0.1) is 13.2 Å². The molecule has 0 bridgehead atoms. The highest BCUT2D eigenvalue weighted by molar-refractivity contribution is 5.92. The molecule has 1 amide bonds. The molecule has 0 heterocycles. The Morgan fingerprint density at radius 2 is 1.79 bits per heavy atom. The van der Waals surface area contributed by atoms with E-state index in [0.717, 1.165) is 17.0 Å². The molecule has 24 heavy (non-hydrogen) atoms. The molecule has 128 valence electrons. The van der Waals surface area contributed by atoms with Crippen molar-refractivity contribution in [1.82, 2.24) is 4.90 Å². The third kappa shape index (κ3) is 5.39. The van der Waals surface area contributed by atoms with E-state index in [2.05, 4.69) is 12.2 Å². The van der Waals surface area contributed by atoms with Crippen molar-refractivity contribution < 1.29 is 9.53 Å². The highest BCUT2D eigenvalue weighted by atomic mass is 16.5. The minimum absolute atomic E-state index is 0.00769. The van der Waals surface area contributed by atoms with Gasteiger partial charge in [0.2, 0.25) is 5.91 Å². The van der Waals surface area contributed by atoms with Gasteiger partial charge in [-0.15, -0.1) is 0 Å². The molecule has 0 aliphatic carbocycles. The maximum atomic E-state index is 12.2. The first-order chi connectivity index (χ1) is 11.5. The number of aryl methyl sites for hydroxylation is 2. The molecule has 2 aromatic rings. The van der Waals surface area contributed by atoms with Gasteiger partial charge in [-0.2, -0.15) is 0 Å². The zero-order valence-electron chi connectivity index (χ0n) is 14.9. The number of rotatable bonds is 7. The van der Waals surface area contributed by atoms with E-state index in [1.54, 1.807) is 0 Å². The number of ether oxygens (including phenoxy) is 1. The fraction of sp³-hybridized carbons (Fsp3) is 0.350. The maximum Gasteiger partial charge on any atom is 0.238 e. The van der Waals surface area contributed by atoms with E-state index in [9.17, 15) is 4.79 Å². The molecule has 0 radical (unpaired) electrons. The first-order valence-corrected chi connectivity index (χ1v) is 8.25. The number of carbonyl (C=O) groups excluding carboxylic acids is 1. The monoisotopic (exact) mass is 326 g/mol. The molecule has 2 aromatic carbocycles. The number of anilines is 1. The van der Waals surface area contributed by atoms with E-state index >= 15 is 0 Å². The molecule has 0 aliphatic heterocycles. The summed E-state index contributed by atoms with van der Waals surface area (Å²) >= 11 is 0. The Kier molecular flexibility index (Phi) is 6.38. The van der Waals surface area contributed by atoms with E-state index in [1.165, 1.54) is 11.1 Å². The van der Waals surface area contributed by atoms with Gasteiger partial charge in [-0.25, -0.2) is 0 Å². The van der Waals surface area contributed by atoms with Gasteiger partial charge in [0.15, 0.2) is 0 Å². The van der Waals surface area contributed by atoms with Gasteiger partial charge in [-0.1, -0.05) is 18.2 Å². The number of benzene rings is 2. The summed E-state index contributed by atoms with van der Waals surface area (Å²) in [4.78, 5) is 14.2. The number of nitrogens with zero attached hydrogens (tertiary/aromatic N) is 1. The Morgan fingerprint density at radius 3 is 2.42 bits per heavy atom. The standard InChI is InChI=1S/C20H26N2O2/c1-5-24-19-10-7-17(8-11-19)13-22(4)14-20(23)21-18-9-6-15(2)16(3)12-18/h6-12H,5,13-14H2,1-4H3,(H,21,23). The van der Waals surface area contributed by atoms with Crippen LogP contribution in [-0.2, 0) is 11.3 Å². The fourth-order valence-corrected chi connectivity index (χ4v) is 2.49. The van der Waals surface area contributed by atoms with E-state index in [1.807, 2.05) is 68.3 Å². The molecule has 0 saturated carbocycles. The van der Waals surface area contributed by atoms with Crippen LogP contribution in [0.5, 0.6) is 5.75 Å². The molecule has 0 atom stereocenters. The number of likely N-dealkylation sites (N-methyl/N-ethyl adjacent to an activating group) is 1. The summed E-state index contributed by atoms with van der Waals surface area (Å²) in [6.07, 6.45) is 0. The van der Waals surface area contributed by atoms with E-state index < -0.39 is 0 Å². The van der Waals surface area contributed by atoms with Gasteiger partial charge in [0.1, 0.15) is 5.75 Å². The van der Waals surface area contributed by atoms with Crippen molar-refractivity contribution in [1.29, 1.82) is 0 Å². The second kappa shape index (κ2) is 8.50. The molecule has 4 nitrogen and oxygen atoms in total. The number of hydrogen-bond acceptors (Lipinski definition) is 3. The van der Waals surface area contributed by atoms with Crippen molar-refractivity contribution >= 4 is 11.6 Å². The Morgan fingerprint density at radius 1 is 1.08 bits per heavy atom. The van der Waals surface area contributed by atoms with E-state index in [4.69, 9.17) is 4.74 Å². The lowest BCUT2D eigenvalue weighted by molar-refractivity contribution is -0.117. The van der Waals surface area contributed by atoms with Crippen LogP contribution < -0.4 is 10.1 Å². The van der Waals surface area contributed by atoms with Crippen LogP contribution in [0.15, 0.2) is 42.5 Å². The smallest absolute Gasteiger partial charge is 0.238 e. The molecule has 0 aromatic heterocycles. The van der Waals surface area contributed by atoms with Crippen molar-refractivity contribution in [2.24, 2.45) is 0 Å². The third-order valence-electron chi connectivity index (χ3n) is 3.89. The highest BCUT2D eigenvalue weighted by Gasteiger charge is 2.08. The predicted octanol–water partition coefficient (Wildman–Crippen LogP) is 3.77. The van der Waals surface area contributed by atoms with Gasteiger partial charge in [-0.3, -0.25) is 9.69 Å². The lowest BCUT2D eigenvalue weighted by Gasteiger charge is -2.17. The Labute approximate surface area is 144 Å². The Balaban J connectivity index is 1.85. The predicted molar refractivity (Wildman–Crippen MR) is 98.5 cm³/mol. The second-order valence-electron chi connectivity index (χ2n) is 6.10. The number of carbonyl (C=O) groups is 1. The van der Waals surface area contributed by atoms with Gasteiger partial charge < -0.3 is 10.1 Å². The average molecular weight is 326 g/mol. The summed E-state index contributed by atoms with van der Waals surface area (Å²) in [6.45, 7) is 7.80. The van der Waals surface area contributed by atoms with Crippen LogP contribution in [0, 0.1) is 13.8 Å². The summed E-state index contributed by atoms with van der Waals surface area (Å²) in [7, 11) is 1.94. The minimum atomic E-state index is -0.00769. The topological polar surface area (TPSA) is 41.6 Å². The molecule has 0 fully saturated rings. The number of amides is 1. The van der Waals surface area contributed by atoms with Crippen molar-refractivity contribution in [2.75, 3.05) is 25.5 Å². The first-order valence-electron chi connectivity index (χ1n) is 8.25. The van der Waals surface area contributed by atoms with Gasteiger partial charge in [0.25, 0.3) is 0 Å². The van der Waals surface area contributed by atoms with Crippen LogP contribution in [0.25, 0.3) is 0 Å². The zero-order chi connectivity index (χ0) is 17.5. The molecular formula is C20H26N2O2. The molecule has 0 aliphatic rings. The molecule has 4 heteroatoms. The summed E-state index contributed by atoms with van der Waals surface area (Å²) in [5, 5.41) is 2.95. The van der Waals surface area contributed by atoms with Crippen LogP contribution >= 0.6 is 0 Å². The molecule has 1 N–H and O–H groups in total. The normalized spacial score (nSPS) is 10.7. The second-order valence-corrected chi connectivity index (χ2v) is 6.10. The number of hydrogen-bond donors (Lipinski definition) is 1. The lowest BCUT2D eigenvalue weighted by atomic mass is 10.1. The quantitative estimate of drug-likeness (QED) is 0.842. The zero-order valence-corrected chi connectivity index (χ0v) is 14.9. The summed E-state index contributed by atoms with van der Waals surface area (Å²) in [6, 6.07) is 13.9. The third-order valence-corrected chi connectivity index (χ3v) is 3.89.